The number of aromatic nitrogens is 3. The number of anilines is 2. The van der Waals surface area contributed by atoms with E-state index in [1.165, 1.54) is 17.8 Å². The number of allylic oxidation sites excluding steroid dienone is 2. The normalized spacial score (nSPS) is 14.9. The van der Waals surface area contributed by atoms with Gasteiger partial charge in [-0.25, -0.2) is 9.07 Å². The van der Waals surface area contributed by atoms with Gasteiger partial charge in [0.1, 0.15) is 11.9 Å². The van der Waals surface area contributed by atoms with E-state index in [0.717, 1.165) is 22.4 Å². The maximum atomic E-state index is 14.1. The molecule has 1 atom stereocenters. The first-order valence-corrected chi connectivity index (χ1v) is 13.3. The molecule has 0 bridgehead atoms. The zero-order valence-electron chi connectivity index (χ0n) is 21.4. The quantitative estimate of drug-likeness (QED) is 0.256. The monoisotopic (exact) mass is 525 g/mol. The lowest BCUT2D eigenvalue weighted by Crippen LogP contribution is -2.30. The van der Waals surface area contributed by atoms with Gasteiger partial charge in [0.25, 0.3) is 5.91 Å². The standard InChI is InChI=1S/C30H28FN5OS/c1-19-13-15-25(20(2)17-19)33-28(37)27-21(3)32-29-34-30(38-18-23-11-7-8-12-24(23)31)35-36(29)26(27)16-14-22-9-5-4-6-10-22/h4-17,26H,18H2,1-3H3,(H,33,37)(H,32,34,35)/b16-14+. The van der Waals surface area contributed by atoms with Gasteiger partial charge in [0, 0.05) is 17.1 Å². The Kier molecular flexibility index (Phi) is 7.42. The highest BCUT2D eigenvalue weighted by Gasteiger charge is 2.32. The van der Waals surface area contributed by atoms with Gasteiger partial charge < -0.3 is 10.6 Å². The first-order valence-electron chi connectivity index (χ1n) is 12.3. The molecule has 1 aromatic heterocycles. The van der Waals surface area contributed by atoms with Gasteiger partial charge >= 0.3 is 0 Å². The summed E-state index contributed by atoms with van der Waals surface area (Å²) in [6.07, 6.45) is 3.94. The van der Waals surface area contributed by atoms with E-state index in [9.17, 15) is 9.18 Å². The summed E-state index contributed by atoms with van der Waals surface area (Å²) >= 11 is 1.35. The number of thioether (sulfide) groups is 1. The Labute approximate surface area is 225 Å². The zero-order chi connectivity index (χ0) is 26.6. The topological polar surface area (TPSA) is 71.8 Å². The maximum absolute atomic E-state index is 14.1. The van der Waals surface area contributed by atoms with Crippen molar-refractivity contribution in [2.75, 3.05) is 10.6 Å². The SMILES string of the molecule is CC1=C(C(=O)Nc2ccc(C)cc2C)C(/C=C/c2ccccc2)n2nc(SCc3ccccc3F)nc2N1. The number of nitrogens with zero attached hydrogens (tertiary/aromatic N) is 3. The second-order valence-electron chi connectivity index (χ2n) is 9.19. The smallest absolute Gasteiger partial charge is 0.255 e. The van der Waals surface area contributed by atoms with Gasteiger partial charge in [-0.2, -0.15) is 4.98 Å². The fraction of sp³-hybridized carbons (Fsp3) is 0.167. The van der Waals surface area contributed by atoms with Crippen LogP contribution >= 0.6 is 11.8 Å². The molecule has 1 amide bonds. The summed E-state index contributed by atoms with van der Waals surface area (Å²) in [4.78, 5) is 18.3. The first-order chi connectivity index (χ1) is 18.4. The lowest BCUT2D eigenvalue weighted by atomic mass is 10.0. The van der Waals surface area contributed by atoms with Crippen molar-refractivity contribution in [3.8, 4) is 0 Å². The lowest BCUT2D eigenvalue weighted by molar-refractivity contribution is -0.113. The minimum Gasteiger partial charge on any atom is -0.328 e. The number of carbonyl (C=O) groups excluding carboxylic acids is 1. The van der Waals surface area contributed by atoms with Crippen molar-refractivity contribution in [1.29, 1.82) is 0 Å². The average Bonchev–Trinajstić information content (AvgIpc) is 3.31. The Morgan fingerprint density at radius 3 is 2.61 bits per heavy atom. The predicted octanol–water partition coefficient (Wildman–Crippen LogP) is 6.92. The number of benzene rings is 3. The molecule has 8 heteroatoms. The van der Waals surface area contributed by atoms with E-state index < -0.39 is 6.04 Å². The molecule has 1 unspecified atom stereocenters. The van der Waals surface area contributed by atoms with E-state index in [4.69, 9.17) is 5.10 Å². The summed E-state index contributed by atoms with van der Waals surface area (Å²) in [6.45, 7) is 5.86. The molecule has 1 aliphatic rings. The van der Waals surface area contributed by atoms with Crippen molar-refractivity contribution >= 4 is 35.4 Å². The van der Waals surface area contributed by atoms with Crippen LogP contribution in [0.3, 0.4) is 0 Å². The van der Waals surface area contributed by atoms with Crippen LogP contribution in [0, 0.1) is 19.7 Å². The Hall–Kier alpha value is -4.17. The summed E-state index contributed by atoms with van der Waals surface area (Å²) in [5, 5.41) is 11.5. The van der Waals surface area contributed by atoms with Gasteiger partial charge in [0.2, 0.25) is 11.1 Å². The lowest BCUT2D eigenvalue weighted by Gasteiger charge is -2.26. The van der Waals surface area contributed by atoms with Gasteiger partial charge in [-0.3, -0.25) is 4.79 Å². The molecule has 0 aliphatic carbocycles. The van der Waals surface area contributed by atoms with Gasteiger partial charge in [-0.15, -0.1) is 5.10 Å². The molecule has 1 aliphatic heterocycles. The first kappa shape index (κ1) is 25.5. The minimum atomic E-state index is -0.493. The van der Waals surface area contributed by atoms with Crippen LogP contribution in [0.25, 0.3) is 6.08 Å². The zero-order valence-corrected chi connectivity index (χ0v) is 22.2. The van der Waals surface area contributed by atoms with Crippen molar-refractivity contribution in [3.05, 3.63) is 118 Å². The molecule has 38 heavy (non-hydrogen) atoms. The van der Waals surface area contributed by atoms with Gasteiger partial charge in [-0.05, 0) is 49.6 Å². The van der Waals surface area contributed by atoms with Crippen molar-refractivity contribution < 1.29 is 9.18 Å². The van der Waals surface area contributed by atoms with Crippen molar-refractivity contribution in [1.82, 2.24) is 14.8 Å². The maximum Gasteiger partial charge on any atom is 0.255 e. The molecule has 4 aromatic rings. The van der Waals surface area contributed by atoms with E-state index in [-0.39, 0.29) is 11.7 Å². The molecule has 0 fully saturated rings. The van der Waals surface area contributed by atoms with Crippen LogP contribution < -0.4 is 10.6 Å². The molecule has 2 N–H and O–H groups in total. The molecule has 2 heterocycles. The molecule has 0 saturated carbocycles. The molecule has 3 aromatic carbocycles. The average molecular weight is 526 g/mol. The molecular weight excluding hydrogens is 497 g/mol. The molecule has 6 nitrogen and oxygen atoms in total. The van der Waals surface area contributed by atoms with Crippen molar-refractivity contribution in [2.45, 2.75) is 37.7 Å². The number of nitrogens with one attached hydrogen (secondary N) is 2. The Bertz CT molecular complexity index is 1540. The van der Waals surface area contributed by atoms with Crippen LogP contribution in [0.15, 0.2) is 95.3 Å². The highest BCUT2D eigenvalue weighted by atomic mass is 32.2. The number of hydrogen-bond acceptors (Lipinski definition) is 5. The summed E-state index contributed by atoms with van der Waals surface area (Å²) in [6, 6.07) is 22.0. The minimum absolute atomic E-state index is 0.216. The fourth-order valence-corrected chi connectivity index (χ4v) is 5.19. The Morgan fingerprint density at radius 1 is 1.08 bits per heavy atom. The third kappa shape index (κ3) is 5.55. The van der Waals surface area contributed by atoms with E-state index in [1.54, 1.807) is 16.8 Å². The van der Waals surface area contributed by atoms with Crippen LogP contribution in [0.4, 0.5) is 16.0 Å². The number of hydrogen-bond donors (Lipinski definition) is 2. The number of rotatable bonds is 7. The molecule has 0 radical (unpaired) electrons. The molecule has 192 valence electrons. The highest BCUT2D eigenvalue weighted by Crippen LogP contribution is 2.34. The second kappa shape index (κ2) is 11.1. The Morgan fingerprint density at radius 2 is 1.84 bits per heavy atom. The Balaban J connectivity index is 1.46. The summed E-state index contributed by atoms with van der Waals surface area (Å²) < 4.78 is 15.8. The van der Waals surface area contributed by atoms with Crippen LogP contribution in [0.5, 0.6) is 0 Å². The molecular formula is C30H28FN5OS. The third-order valence-corrected chi connectivity index (χ3v) is 7.22. The largest absolute Gasteiger partial charge is 0.328 e. The van der Waals surface area contributed by atoms with Crippen LogP contribution in [-0.2, 0) is 10.5 Å². The van der Waals surface area contributed by atoms with Crippen LogP contribution in [-0.4, -0.2) is 20.7 Å². The molecule has 5 rings (SSSR count). The molecule has 0 saturated heterocycles. The highest BCUT2D eigenvalue weighted by molar-refractivity contribution is 7.98. The van der Waals surface area contributed by atoms with Crippen LogP contribution in [0.2, 0.25) is 0 Å². The fourth-order valence-electron chi connectivity index (χ4n) is 4.37. The van der Waals surface area contributed by atoms with Gasteiger partial charge in [0.05, 0.1) is 5.57 Å². The summed E-state index contributed by atoms with van der Waals surface area (Å²) in [7, 11) is 0. The second-order valence-corrected chi connectivity index (χ2v) is 10.1. The number of carbonyl (C=O) groups is 1. The number of halogens is 1. The van der Waals surface area contributed by atoms with E-state index in [2.05, 4.69) is 15.6 Å². The summed E-state index contributed by atoms with van der Waals surface area (Å²) in [5.74, 6) is 0.455. The molecule has 0 spiro atoms. The number of fused-ring (bicyclic) bond motifs is 1. The third-order valence-electron chi connectivity index (χ3n) is 6.33. The predicted molar refractivity (Wildman–Crippen MR) is 151 cm³/mol. The van der Waals surface area contributed by atoms with E-state index >= 15 is 0 Å². The van der Waals surface area contributed by atoms with Gasteiger partial charge in [-0.1, -0.05) is 90.1 Å². The van der Waals surface area contributed by atoms with E-state index in [0.29, 0.717) is 33.7 Å². The van der Waals surface area contributed by atoms with E-state index in [1.807, 2.05) is 87.5 Å². The van der Waals surface area contributed by atoms with Gasteiger partial charge in [0.15, 0.2) is 0 Å². The number of amides is 1. The van der Waals surface area contributed by atoms with Crippen molar-refractivity contribution in [2.24, 2.45) is 0 Å². The number of aryl methyl sites for hydroxylation is 2. The van der Waals surface area contributed by atoms with Crippen LogP contribution in [0.1, 0.15) is 35.2 Å². The summed E-state index contributed by atoms with van der Waals surface area (Å²) in [5.41, 5.74) is 5.71. The van der Waals surface area contributed by atoms with Crippen molar-refractivity contribution in [3.63, 3.8) is 0 Å².